The van der Waals surface area contributed by atoms with Gasteiger partial charge in [-0.2, -0.15) is 0 Å². The van der Waals surface area contributed by atoms with Gasteiger partial charge in [0.05, 0.1) is 24.7 Å². The fourth-order valence-corrected chi connectivity index (χ4v) is 3.50. The summed E-state index contributed by atoms with van der Waals surface area (Å²) in [7, 11) is 0. The fourth-order valence-electron chi connectivity index (χ4n) is 2.50. The SMILES string of the molecule is CCn1c(S[C@@H](C)C(=O)N2CCOCC2)nnc1-c1ccco1. The van der Waals surface area contributed by atoms with Gasteiger partial charge in [0.15, 0.2) is 16.7 Å². The zero-order valence-electron chi connectivity index (χ0n) is 13.3. The van der Waals surface area contributed by atoms with E-state index in [1.807, 2.05) is 35.4 Å². The summed E-state index contributed by atoms with van der Waals surface area (Å²) in [5, 5.41) is 8.95. The summed E-state index contributed by atoms with van der Waals surface area (Å²) in [6, 6.07) is 3.67. The number of morpholine rings is 1. The molecule has 1 aliphatic rings. The van der Waals surface area contributed by atoms with Gasteiger partial charge in [-0.3, -0.25) is 9.36 Å². The first-order chi connectivity index (χ1) is 11.2. The number of thioether (sulfide) groups is 1. The summed E-state index contributed by atoms with van der Waals surface area (Å²) < 4.78 is 12.7. The monoisotopic (exact) mass is 336 g/mol. The first-order valence-corrected chi connectivity index (χ1v) is 8.59. The average Bonchev–Trinajstić information content (AvgIpc) is 3.23. The van der Waals surface area contributed by atoms with Crippen molar-refractivity contribution in [2.45, 2.75) is 30.8 Å². The summed E-state index contributed by atoms with van der Waals surface area (Å²) >= 11 is 1.43. The van der Waals surface area contributed by atoms with E-state index in [4.69, 9.17) is 9.15 Å². The molecule has 0 aromatic carbocycles. The molecule has 0 N–H and O–H groups in total. The van der Waals surface area contributed by atoms with Crippen LogP contribution in [0.25, 0.3) is 11.6 Å². The van der Waals surface area contributed by atoms with Crippen molar-refractivity contribution < 1.29 is 13.9 Å². The van der Waals surface area contributed by atoms with Gasteiger partial charge < -0.3 is 14.1 Å². The Labute approximate surface area is 139 Å². The van der Waals surface area contributed by atoms with Crippen molar-refractivity contribution in [1.82, 2.24) is 19.7 Å². The van der Waals surface area contributed by atoms with Crippen molar-refractivity contribution in [3.8, 4) is 11.6 Å². The van der Waals surface area contributed by atoms with Crippen LogP contribution in [-0.4, -0.2) is 57.1 Å². The third kappa shape index (κ3) is 3.42. The minimum atomic E-state index is -0.216. The van der Waals surface area contributed by atoms with Gasteiger partial charge in [-0.1, -0.05) is 11.8 Å². The van der Waals surface area contributed by atoms with Crippen LogP contribution in [0.2, 0.25) is 0 Å². The highest BCUT2D eigenvalue weighted by molar-refractivity contribution is 8.00. The normalized spacial score (nSPS) is 16.5. The maximum absolute atomic E-state index is 12.5. The molecule has 124 valence electrons. The van der Waals surface area contributed by atoms with E-state index in [9.17, 15) is 4.79 Å². The molecular formula is C15H20N4O3S. The first-order valence-electron chi connectivity index (χ1n) is 7.71. The van der Waals surface area contributed by atoms with Gasteiger partial charge >= 0.3 is 0 Å². The maximum Gasteiger partial charge on any atom is 0.236 e. The second-order valence-electron chi connectivity index (χ2n) is 5.23. The summed E-state index contributed by atoms with van der Waals surface area (Å²) in [5.41, 5.74) is 0. The molecule has 23 heavy (non-hydrogen) atoms. The molecule has 1 atom stereocenters. The molecule has 0 unspecified atom stereocenters. The highest BCUT2D eigenvalue weighted by Crippen LogP contribution is 2.27. The van der Waals surface area contributed by atoms with Gasteiger partial charge in [-0.15, -0.1) is 10.2 Å². The number of aromatic nitrogens is 3. The molecule has 0 spiro atoms. The molecule has 8 heteroatoms. The third-order valence-corrected chi connectivity index (χ3v) is 4.80. The smallest absolute Gasteiger partial charge is 0.236 e. The van der Waals surface area contributed by atoms with Gasteiger partial charge in [-0.25, -0.2) is 0 Å². The van der Waals surface area contributed by atoms with Crippen LogP contribution in [0.3, 0.4) is 0 Å². The topological polar surface area (TPSA) is 73.4 Å². The van der Waals surface area contributed by atoms with Crippen molar-refractivity contribution in [3.05, 3.63) is 18.4 Å². The molecule has 2 aromatic heterocycles. The molecule has 1 aliphatic heterocycles. The molecule has 1 saturated heterocycles. The Kier molecular flexibility index (Phi) is 5.02. The molecule has 3 rings (SSSR count). The van der Waals surface area contributed by atoms with E-state index >= 15 is 0 Å². The molecule has 0 saturated carbocycles. The second-order valence-corrected chi connectivity index (χ2v) is 6.53. The summed E-state index contributed by atoms with van der Waals surface area (Å²) in [4.78, 5) is 14.4. The van der Waals surface area contributed by atoms with Crippen LogP contribution < -0.4 is 0 Å². The van der Waals surface area contributed by atoms with Crippen molar-refractivity contribution in [3.63, 3.8) is 0 Å². The van der Waals surface area contributed by atoms with Crippen LogP contribution in [0.1, 0.15) is 13.8 Å². The minimum absolute atomic E-state index is 0.114. The summed E-state index contributed by atoms with van der Waals surface area (Å²) in [5.74, 6) is 1.48. The quantitative estimate of drug-likeness (QED) is 0.777. The number of carbonyl (C=O) groups is 1. The summed E-state index contributed by atoms with van der Waals surface area (Å²) in [6.45, 7) is 7.17. The number of ether oxygens (including phenoxy) is 1. The Bertz CT molecular complexity index is 650. The minimum Gasteiger partial charge on any atom is -0.461 e. The van der Waals surface area contributed by atoms with Gasteiger partial charge in [0, 0.05) is 19.6 Å². The predicted molar refractivity (Wildman–Crippen MR) is 86.1 cm³/mol. The van der Waals surface area contributed by atoms with Gasteiger partial charge in [-0.05, 0) is 26.0 Å². The number of furan rings is 1. The zero-order valence-corrected chi connectivity index (χ0v) is 14.1. The average molecular weight is 336 g/mol. The third-order valence-electron chi connectivity index (χ3n) is 3.73. The summed E-state index contributed by atoms with van der Waals surface area (Å²) in [6.07, 6.45) is 1.61. The highest BCUT2D eigenvalue weighted by atomic mass is 32.2. The standard InChI is InChI=1S/C15H20N4O3S/c1-3-19-13(12-5-4-8-22-12)16-17-15(19)23-11(2)14(20)18-6-9-21-10-7-18/h4-5,8,11H,3,6-7,9-10H2,1-2H3/t11-/m0/s1. The Morgan fingerprint density at radius 1 is 1.39 bits per heavy atom. The molecule has 0 aliphatic carbocycles. The lowest BCUT2D eigenvalue weighted by Gasteiger charge is -2.28. The lowest BCUT2D eigenvalue weighted by molar-refractivity contribution is -0.134. The Balaban J connectivity index is 1.73. The maximum atomic E-state index is 12.5. The van der Waals surface area contributed by atoms with Crippen LogP contribution in [0.5, 0.6) is 0 Å². The van der Waals surface area contributed by atoms with Crippen LogP contribution in [-0.2, 0) is 16.1 Å². The number of hydrogen-bond donors (Lipinski definition) is 0. The molecule has 1 amide bonds. The second kappa shape index (κ2) is 7.18. The van der Waals surface area contributed by atoms with E-state index in [1.54, 1.807) is 6.26 Å². The highest BCUT2D eigenvalue weighted by Gasteiger charge is 2.25. The Hall–Kier alpha value is -1.80. The van der Waals surface area contributed by atoms with Crippen LogP contribution in [0, 0.1) is 0 Å². The molecule has 0 radical (unpaired) electrons. The molecule has 2 aromatic rings. The van der Waals surface area contributed by atoms with E-state index in [1.165, 1.54) is 11.8 Å². The first kappa shape index (κ1) is 16.1. The van der Waals surface area contributed by atoms with Crippen molar-refractivity contribution in [1.29, 1.82) is 0 Å². The van der Waals surface area contributed by atoms with Gasteiger partial charge in [0.1, 0.15) is 0 Å². The fraction of sp³-hybridized carbons (Fsp3) is 0.533. The van der Waals surface area contributed by atoms with E-state index in [2.05, 4.69) is 10.2 Å². The van der Waals surface area contributed by atoms with Crippen molar-refractivity contribution in [2.75, 3.05) is 26.3 Å². The molecular weight excluding hydrogens is 316 g/mol. The van der Waals surface area contributed by atoms with Crippen molar-refractivity contribution >= 4 is 17.7 Å². The largest absolute Gasteiger partial charge is 0.461 e. The zero-order chi connectivity index (χ0) is 16.2. The van der Waals surface area contributed by atoms with E-state index in [-0.39, 0.29) is 11.2 Å². The van der Waals surface area contributed by atoms with Crippen LogP contribution >= 0.6 is 11.8 Å². The van der Waals surface area contributed by atoms with E-state index in [0.29, 0.717) is 44.4 Å². The molecule has 7 nitrogen and oxygen atoms in total. The van der Waals surface area contributed by atoms with Gasteiger partial charge in [0.25, 0.3) is 0 Å². The van der Waals surface area contributed by atoms with Crippen LogP contribution in [0.15, 0.2) is 28.0 Å². The predicted octanol–water partition coefficient (Wildman–Crippen LogP) is 1.90. The number of rotatable bonds is 5. The Morgan fingerprint density at radius 3 is 2.83 bits per heavy atom. The van der Waals surface area contributed by atoms with Gasteiger partial charge in [0.2, 0.25) is 5.91 Å². The molecule has 1 fully saturated rings. The lowest BCUT2D eigenvalue weighted by atomic mass is 10.3. The number of nitrogens with zero attached hydrogens (tertiary/aromatic N) is 4. The number of amides is 1. The lowest BCUT2D eigenvalue weighted by Crippen LogP contribution is -2.44. The van der Waals surface area contributed by atoms with Crippen LogP contribution in [0.4, 0.5) is 0 Å². The van der Waals surface area contributed by atoms with E-state index < -0.39 is 0 Å². The Morgan fingerprint density at radius 2 is 2.17 bits per heavy atom. The van der Waals surface area contributed by atoms with Crippen molar-refractivity contribution in [2.24, 2.45) is 0 Å². The van der Waals surface area contributed by atoms with E-state index in [0.717, 1.165) is 5.16 Å². The molecule has 0 bridgehead atoms. The number of hydrogen-bond acceptors (Lipinski definition) is 6. The number of carbonyl (C=O) groups excluding carboxylic acids is 1. The molecule has 3 heterocycles.